The van der Waals surface area contributed by atoms with Gasteiger partial charge < -0.3 is 4.18 Å². The fourth-order valence-corrected chi connectivity index (χ4v) is 3.85. The molecule has 0 aliphatic heterocycles. The lowest BCUT2D eigenvalue weighted by atomic mass is 10.1. The summed E-state index contributed by atoms with van der Waals surface area (Å²) in [7, 11) is -4.18. The van der Waals surface area contributed by atoms with Crippen LogP contribution in [0.3, 0.4) is 0 Å². The van der Waals surface area contributed by atoms with Gasteiger partial charge in [0.05, 0.1) is 11.4 Å². The standard InChI is InChI=1S/C22H18N2O3S/c1-17-12-14-18(15-13-17)21-16-22(19-8-4-2-5-9-19)24(23-21)28(25,26)27-20-10-6-3-7-11-20/h2-16H,1H3. The van der Waals surface area contributed by atoms with Crippen molar-refractivity contribution in [3.05, 3.63) is 96.6 Å². The van der Waals surface area contributed by atoms with Crippen LogP contribution in [-0.4, -0.2) is 17.6 Å². The zero-order chi connectivity index (χ0) is 19.6. The lowest BCUT2D eigenvalue weighted by molar-refractivity contribution is 0.470. The van der Waals surface area contributed by atoms with Crippen LogP contribution in [0.2, 0.25) is 0 Å². The van der Waals surface area contributed by atoms with Crippen LogP contribution in [0.25, 0.3) is 22.5 Å². The number of rotatable bonds is 5. The van der Waals surface area contributed by atoms with Crippen LogP contribution in [0.1, 0.15) is 5.56 Å². The SMILES string of the molecule is Cc1ccc(-c2cc(-c3ccccc3)n(S(=O)(=O)Oc3ccccc3)n2)cc1. The predicted molar refractivity (Wildman–Crippen MR) is 109 cm³/mol. The molecule has 0 radical (unpaired) electrons. The van der Waals surface area contributed by atoms with Crippen LogP contribution in [0.15, 0.2) is 91.0 Å². The van der Waals surface area contributed by atoms with Crippen molar-refractivity contribution >= 4 is 10.3 Å². The molecule has 3 aromatic carbocycles. The minimum absolute atomic E-state index is 0.230. The molecule has 0 aliphatic carbocycles. The Kier molecular flexibility index (Phi) is 4.71. The van der Waals surface area contributed by atoms with Crippen LogP contribution in [-0.2, 0) is 10.3 Å². The minimum Gasteiger partial charge on any atom is -0.366 e. The second-order valence-corrected chi connectivity index (χ2v) is 7.71. The van der Waals surface area contributed by atoms with E-state index in [2.05, 4.69) is 5.10 Å². The van der Waals surface area contributed by atoms with Gasteiger partial charge in [0.2, 0.25) is 0 Å². The molecule has 0 aliphatic rings. The van der Waals surface area contributed by atoms with E-state index in [0.29, 0.717) is 11.4 Å². The zero-order valence-corrected chi connectivity index (χ0v) is 16.0. The first-order chi connectivity index (χ1) is 13.5. The van der Waals surface area contributed by atoms with Crippen LogP contribution >= 0.6 is 0 Å². The first-order valence-corrected chi connectivity index (χ1v) is 10.1. The quantitative estimate of drug-likeness (QED) is 0.496. The predicted octanol–water partition coefficient (Wildman–Crippen LogP) is 4.70. The molecular formula is C22H18N2O3S. The van der Waals surface area contributed by atoms with Gasteiger partial charge in [-0.1, -0.05) is 78.4 Å². The fourth-order valence-electron chi connectivity index (χ4n) is 2.84. The normalized spacial score (nSPS) is 11.3. The smallest absolute Gasteiger partial charge is 0.366 e. The van der Waals surface area contributed by atoms with E-state index >= 15 is 0 Å². The molecule has 140 valence electrons. The van der Waals surface area contributed by atoms with E-state index in [0.717, 1.165) is 20.8 Å². The number of aromatic nitrogens is 2. The second-order valence-electron chi connectivity index (χ2n) is 6.34. The molecule has 1 heterocycles. The summed E-state index contributed by atoms with van der Waals surface area (Å²) in [6.07, 6.45) is 0. The van der Waals surface area contributed by atoms with E-state index in [1.165, 1.54) is 0 Å². The average Bonchev–Trinajstić information content (AvgIpc) is 3.16. The zero-order valence-electron chi connectivity index (χ0n) is 15.2. The minimum atomic E-state index is -4.18. The molecule has 6 heteroatoms. The summed E-state index contributed by atoms with van der Waals surface area (Å²) in [6, 6.07) is 27.2. The van der Waals surface area contributed by atoms with Crippen molar-refractivity contribution in [3.8, 4) is 28.3 Å². The molecule has 4 rings (SSSR count). The highest BCUT2D eigenvalue weighted by Crippen LogP contribution is 2.28. The summed E-state index contributed by atoms with van der Waals surface area (Å²) in [5.74, 6) is 0.230. The number of hydrogen-bond acceptors (Lipinski definition) is 4. The Hall–Kier alpha value is -3.38. The Labute approximate surface area is 164 Å². The summed E-state index contributed by atoms with van der Waals surface area (Å²) in [4.78, 5) is 0. The van der Waals surface area contributed by atoms with Gasteiger partial charge in [-0.15, -0.1) is 4.09 Å². The topological polar surface area (TPSA) is 61.2 Å². The van der Waals surface area contributed by atoms with Gasteiger partial charge in [0.1, 0.15) is 5.75 Å². The number of hydrogen-bond donors (Lipinski definition) is 0. The lowest BCUT2D eigenvalue weighted by Crippen LogP contribution is -2.21. The molecule has 5 nitrogen and oxygen atoms in total. The van der Waals surface area contributed by atoms with Crippen LogP contribution in [0.4, 0.5) is 0 Å². The highest BCUT2D eigenvalue weighted by Gasteiger charge is 2.24. The molecule has 0 fully saturated rings. The molecule has 0 saturated carbocycles. The van der Waals surface area contributed by atoms with Gasteiger partial charge >= 0.3 is 10.3 Å². The van der Waals surface area contributed by atoms with Crippen molar-refractivity contribution in [2.45, 2.75) is 6.92 Å². The van der Waals surface area contributed by atoms with Crippen LogP contribution in [0.5, 0.6) is 5.75 Å². The summed E-state index contributed by atoms with van der Waals surface area (Å²) >= 11 is 0. The third-order valence-electron chi connectivity index (χ3n) is 4.25. The first kappa shape index (κ1) is 18.0. The van der Waals surface area contributed by atoms with Crippen molar-refractivity contribution in [2.24, 2.45) is 0 Å². The van der Waals surface area contributed by atoms with Crippen molar-refractivity contribution in [2.75, 3.05) is 0 Å². The number of benzene rings is 3. The molecule has 0 atom stereocenters. The third-order valence-corrected chi connectivity index (χ3v) is 5.36. The van der Waals surface area contributed by atoms with Crippen LogP contribution < -0.4 is 4.18 Å². The van der Waals surface area contributed by atoms with Crippen molar-refractivity contribution in [3.63, 3.8) is 0 Å². The molecule has 0 unspecified atom stereocenters. The molecule has 0 amide bonds. The Bertz CT molecular complexity index is 1180. The van der Waals surface area contributed by atoms with Gasteiger partial charge in [-0.05, 0) is 25.1 Å². The fraction of sp³-hybridized carbons (Fsp3) is 0.0455. The number of para-hydroxylation sites is 1. The van der Waals surface area contributed by atoms with Gasteiger partial charge in [-0.3, -0.25) is 0 Å². The highest BCUT2D eigenvalue weighted by atomic mass is 32.2. The van der Waals surface area contributed by atoms with Crippen molar-refractivity contribution < 1.29 is 12.6 Å². The van der Waals surface area contributed by atoms with E-state index in [-0.39, 0.29) is 5.75 Å². The second kappa shape index (κ2) is 7.32. The summed E-state index contributed by atoms with van der Waals surface area (Å²) in [6.45, 7) is 2.00. The molecule has 0 spiro atoms. The van der Waals surface area contributed by atoms with Gasteiger partial charge in [0.25, 0.3) is 0 Å². The molecule has 0 saturated heterocycles. The van der Waals surface area contributed by atoms with Gasteiger partial charge in [0.15, 0.2) is 0 Å². The monoisotopic (exact) mass is 390 g/mol. The van der Waals surface area contributed by atoms with E-state index in [4.69, 9.17) is 4.18 Å². The van der Waals surface area contributed by atoms with Gasteiger partial charge in [-0.2, -0.15) is 13.5 Å². The maximum atomic E-state index is 13.0. The first-order valence-electron chi connectivity index (χ1n) is 8.75. The van der Waals surface area contributed by atoms with E-state index < -0.39 is 10.3 Å². The van der Waals surface area contributed by atoms with E-state index in [1.807, 2.05) is 61.5 Å². The Morgan fingerprint density at radius 3 is 2.04 bits per heavy atom. The highest BCUT2D eigenvalue weighted by molar-refractivity contribution is 7.85. The molecule has 28 heavy (non-hydrogen) atoms. The van der Waals surface area contributed by atoms with E-state index in [1.54, 1.807) is 36.4 Å². The largest absolute Gasteiger partial charge is 0.429 e. The molecule has 4 aromatic rings. The Balaban J connectivity index is 1.84. The molecule has 0 bridgehead atoms. The Morgan fingerprint density at radius 1 is 0.786 bits per heavy atom. The molecular weight excluding hydrogens is 372 g/mol. The lowest BCUT2D eigenvalue weighted by Gasteiger charge is -2.09. The van der Waals surface area contributed by atoms with Crippen LogP contribution in [0, 0.1) is 6.92 Å². The van der Waals surface area contributed by atoms with E-state index in [9.17, 15) is 8.42 Å². The summed E-state index contributed by atoms with van der Waals surface area (Å²) in [5.41, 5.74) is 3.67. The third kappa shape index (κ3) is 3.68. The van der Waals surface area contributed by atoms with Crippen molar-refractivity contribution in [1.29, 1.82) is 0 Å². The number of aryl methyl sites for hydroxylation is 1. The van der Waals surface area contributed by atoms with Crippen molar-refractivity contribution in [1.82, 2.24) is 9.19 Å². The molecule has 1 aromatic heterocycles. The maximum absolute atomic E-state index is 13.0. The maximum Gasteiger partial charge on any atom is 0.429 e. The van der Waals surface area contributed by atoms with Gasteiger partial charge in [0, 0.05) is 11.1 Å². The van der Waals surface area contributed by atoms with Gasteiger partial charge in [-0.25, -0.2) is 0 Å². The summed E-state index contributed by atoms with van der Waals surface area (Å²) < 4.78 is 32.2. The molecule has 0 N–H and O–H groups in total. The number of nitrogens with zero attached hydrogens (tertiary/aromatic N) is 2. The summed E-state index contributed by atoms with van der Waals surface area (Å²) in [5, 5.41) is 4.36. The Morgan fingerprint density at radius 2 is 1.39 bits per heavy atom. The average molecular weight is 390 g/mol.